The summed E-state index contributed by atoms with van der Waals surface area (Å²) in [4.78, 5) is 20.5. The van der Waals surface area contributed by atoms with Crippen LogP contribution < -0.4 is 26.4 Å². The lowest BCUT2D eigenvalue weighted by Gasteiger charge is -2.35. The van der Waals surface area contributed by atoms with Gasteiger partial charge in [0.1, 0.15) is 18.1 Å². The Morgan fingerprint density at radius 1 is 1.24 bits per heavy atom. The molecule has 3 heterocycles. The maximum Gasteiger partial charge on any atom is 0.320 e. The number of benzene rings is 1. The number of nitrogens with two attached hydrogens (primary N) is 1. The minimum Gasteiger partial charge on any atom is -0.474 e. The highest BCUT2D eigenvalue weighted by Gasteiger charge is 2.45. The fraction of sp³-hybridized carbons (Fsp3) is 0.318. The molecule has 2 amide bonds. The van der Waals surface area contributed by atoms with E-state index in [9.17, 15) is 13.6 Å². The molecule has 5 N–H and O–H groups in total. The molecular formula is C22H21F3N6O2. The van der Waals surface area contributed by atoms with Crippen molar-refractivity contribution in [2.24, 2.45) is 0 Å². The molecule has 0 unspecified atom stereocenters. The number of halogens is 3. The van der Waals surface area contributed by atoms with Crippen molar-refractivity contribution in [1.82, 2.24) is 15.3 Å². The lowest BCUT2D eigenvalue weighted by atomic mass is 9.88. The molecule has 2 aliphatic rings. The monoisotopic (exact) mass is 458 g/mol. The van der Waals surface area contributed by atoms with E-state index < -0.39 is 36.7 Å². The van der Waals surface area contributed by atoms with Crippen LogP contribution in [0.2, 0.25) is 0 Å². The molecule has 0 spiro atoms. The van der Waals surface area contributed by atoms with Crippen molar-refractivity contribution < 1.29 is 22.7 Å². The van der Waals surface area contributed by atoms with E-state index in [0.29, 0.717) is 41.1 Å². The number of nitrogens with zero attached hydrogens (tertiary/aromatic N) is 2. The highest BCUT2D eigenvalue weighted by Crippen LogP contribution is 2.40. The van der Waals surface area contributed by atoms with Gasteiger partial charge >= 0.3 is 6.03 Å². The number of nitrogens with one attached hydrogen (secondary N) is 3. The van der Waals surface area contributed by atoms with E-state index in [1.807, 2.05) is 6.92 Å². The first-order valence-electron chi connectivity index (χ1n) is 10.4. The molecule has 3 aromatic rings. The van der Waals surface area contributed by atoms with Gasteiger partial charge in [-0.1, -0.05) is 0 Å². The van der Waals surface area contributed by atoms with E-state index in [0.717, 1.165) is 5.56 Å². The second kappa shape index (κ2) is 7.68. The van der Waals surface area contributed by atoms with Gasteiger partial charge in [0.2, 0.25) is 5.88 Å². The van der Waals surface area contributed by atoms with Crippen LogP contribution in [-0.4, -0.2) is 41.1 Å². The van der Waals surface area contributed by atoms with Gasteiger partial charge in [-0.15, -0.1) is 0 Å². The third-order valence-electron chi connectivity index (χ3n) is 5.90. The Hall–Kier alpha value is -3.76. The van der Waals surface area contributed by atoms with Crippen LogP contribution in [0.5, 0.6) is 5.88 Å². The lowest BCUT2D eigenvalue weighted by Crippen LogP contribution is -2.51. The number of pyridine rings is 2. The van der Waals surface area contributed by atoms with Gasteiger partial charge < -0.3 is 21.1 Å². The maximum absolute atomic E-state index is 15.2. The van der Waals surface area contributed by atoms with Crippen molar-refractivity contribution in [2.75, 3.05) is 29.5 Å². The number of alkyl halides is 2. The van der Waals surface area contributed by atoms with E-state index in [4.69, 9.17) is 10.5 Å². The fourth-order valence-corrected chi connectivity index (χ4v) is 4.16. The van der Waals surface area contributed by atoms with Gasteiger partial charge in [0.15, 0.2) is 5.82 Å². The standard InChI is InChI=1S/C22H21F3N6O2/c1-10-14(8-29-20-19(10)27-2-3-33-20)13-4-11-5-16(28-9-15(11)18(26)17(13)23)31-21(32)30-12-6-22(24,25)7-12/h4-5,8-9,12,27H,2-3,6-7,26H2,1H3,(H2,28,30,31,32). The molecule has 33 heavy (non-hydrogen) atoms. The Labute approximate surface area is 186 Å². The van der Waals surface area contributed by atoms with Crippen molar-refractivity contribution in [3.63, 3.8) is 0 Å². The third kappa shape index (κ3) is 3.83. The third-order valence-corrected chi connectivity index (χ3v) is 5.90. The Balaban J connectivity index is 1.46. The van der Waals surface area contributed by atoms with Crippen LogP contribution in [0.1, 0.15) is 18.4 Å². The van der Waals surface area contributed by atoms with Crippen LogP contribution in [0.4, 0.5) is 35.2 Å². The predicted molar refractivity (Wildman–Crippen MR) is 118 cm³/mol. The number of nitrogen functional groups attached to an aromatic ring is 1. The summed E-state index contributed by atoms with van der Waals surface area (Å²) in [5, 5.41) is 9.16. The molecule has 0 saturated heterocycles. The SMILES string of the molecule is Cc1c(-c2cc3cc(NC(=O)NC4CC(F)(F)C4)ncc3c(N)c2F)cnc2c1NCCO2. The van der Waals surface area contributed by atoms with Crippen molar-refractivity contribution in [3.8, 4) is 17.0 Å². The number of anilines is 3. The summed E-state index contributed by atoms with van der Waals surface area (Å²) < 4.78 is 46.7. The normalized spacial score (nSPS) is 16.8. The van der Waals surface area contributed by atoms with Crippen LogP contribution in [0, 0.1) is 12.7 Å². The average molecular weight is 458 g/mol. The molecule has 1 aliphatic carbocycles. The number of hydrogen-bond acceptors (Lipinski definition) is 6. The molecule has 0 radical (unpaired) electrons. The van der Waals surface area contributed by atoms with Crippen LogP contribution in [0.15, 0.2) is 24.5 Å². The second-order valence-corrected chi connectivity index (χ2v) is 8.25. The number of fused-ring (bicyclic) bond motifs is 2. The number of urea groups is 1. The highest BCUT2D eigenvalue weighted by atomic mass is 19.3. The van der Waals surface area contributed by atoms with Crippen LogP contribution in [-0.2, 0) is 0 Å². The summed E-state index contributed by atoms with van der Waals surface area (Å²) in [6, 6.07) is 1.93. The molecule has 1 fully saturated rings. The number of carbonyl (C=O) groups excluding carboxylic acids is 1. The summed E-state index contributed by atoms with van der Waals surface area (Å²) in [5.74, 6) is -2.70. The largest absolute Gasteiger partial charge is 0.474 e. The molecule has 2 aromatic heterocycles. The van der Waals surface area contributed by atoms with Crippen LogP contribution >= 0.6 is 0 Å². The summed E-state index contributed by atoms with van der Waals surface area (Å²) in [5.41, 5.74) is 8.25. The Bertz CT molecular complexity index is 1270. The second-order valence-electron chi connectivity index (χ2n) is 8.25. The molecule has 0 bridgehead atoms. The first-order chi connectivity index (χ1) is 15.7. The first-order valence-corrected chi connectivity index (χ1v) is 10.4. The lowest BCUT2D eigenvalue weighted by molar-refractivity contribution is -0.0893. The zero-order valence-electron chi connectivity index (χ0n) is 17.6. The molecule has 0 atom stereocenters. The average Bonchev–Trinajstić information content (AvgIpc) is 2.75. The van der Waals surface area contributed by atoms with E-state index >= 15 is 4.39 Å². The topological polar surface area (TPSA) is 114 Å². The van der Waals surface area contributed by atoms with Gasteiger partial charge in [-0.05, 0) is 30.0 Å². The van der Waals surface area contributed by atoms with E-state index in [1.54, 1.807) is 12.1 Å². The number of aromatic nitrogens is 2. The Morgan fingerprint density at radius 2 is 2.03 bits per heavy atom. The van der Waals surface area contributed by atoms with Crippen molar-refractivity contribution in [2.45, 2.75) is 31.7 Å². The number of rotatable bonds is 3. The smallest absolute Gasteiger partial charge is 0.320 e. The maximum atomic E-state index is 15.2. The first kappa shape index (κ1) is 21.1. The summed E-state index contributed by atoms with van der Waals surface area (Å²) in [6.07, 6.45) is 2.11. The minimum absolute atomic E-state index is 0.0796. The van der Waals surface area contributed by atoms with Crippen LogP contribution in [0.3, 0.4) is 0 Å². The minimum atomic E-state index is -2.73. The highest BCUT2D eigenvalue weighted by molar-refractivity contribution is 6.00. The predicted octanol–water partition coefficient (Wildman–Crippen LogP) is 4.05. The number of ether oxygens (including phenoxy) is 1. The zero-order chi connectivity index (χ0) is 23.3. The molecule has 8 nitrogen and oxygen atoms in total. The Morgan fingerprint density at radius 3 is 2.79 bits per heavy atom. The van der Waals surface area contributed by atoms with Crippen molar-refractivity contribution >= 4 is 34.0 Å². The molecule has 1 aromatic carbocycles. The molecule has 1 saturated carbocycles. The summed E-state index contributed by atoms with van der Waals surface area (Å²) in [7, 11) is 0. The Kier molecular flexibility index (Phi) is 4.91. The zero-order valence-corrected chi connectivity index (χ0v) is 17.6. The quantitative estimate of drug-likeness (QED) is 0.441. The van der Waals surface area contributed by atoms with E-state index in [-0.39, 0.29) is 17.1 Å². The van der Waals surface area contributed by atoms with Gasteiger partial charge in [-0.3, -0.25) is 5.32 Å². The van der Waals surface area contributed by atoms with Gasteiger partial charge in [0.05, 0.1) is 5.69 Å². The number of amides is 2. The van der Waals surface area contributed by atoms with E-state index in [2.05, 4.69) is 25.9 Å². The molecule has 5 rings (SSSR count). The van der Waals surface area contributed by atoms with Gasteiger partial charge in [0, 0.05) is 54.3 Å². The molecule has 11 heteroatoms. The summed E-state index contributed by atoms with van der Waals surface area (Å²) >= 11 is 0. The molecule has 1 aliphatic heterocycles. The number of carbonyl (C=O) groups is 1. The van der Waals surface area contributed by atoms with Gasteiger partial charge in [0.25, 0.3) is 5.92 Å². The fourth-order valence-electron chi connectivity index (χ4n) is 4.16. The van der Waals surface area contributed by atoms with Gasteiger partial charge in [-0.25, -0.2) is 27.9 Å². The summed E-state index contributed by atoms with van der Waals surface area (Å²) in [6.45, 7) is 2.95. The number of hydrogen-bond donors (Lipinski definition) is 4. The van der Waals surface area contributed by atoms with Gasteiger partial charge in [-0.2, -0.15) is 0 Å². The molecular weight excluding hydrogens is 437 g/mol. The van der Waals surface area contributed by atoms with Crippen molar-refractivity contribution in [1.29, 1.82) is 0 Å². The van der Waals surface area contributed by atoms with Crippen molar-refractivity contribution in [3.05, 3.63) is 35.9 Å². The van der Waals surface area contributed by atoms with Crippen LogP contribution in [0.25, 0.3) is 21.9 Å². The van der Waals surface area contributed by atoms with E-state index in [1.165, 1.54) is 12.4 Å². The molecule has 172 valence electrons.